The van der Waals surface area contributed by atoms with Crippen LogP contribution in [0.2, 0.25) is 0 Å². The summed E-state index contributed by atoms with van der Waals surface area (Å²) in [4.78, 5) is 24.3. The van der Waals surface area contributed by atoms with Gasteiger partial charge >= 0.3 is 5.97 Å². The SMILES string of the molecule is CCC(=O)Nc1sc2c(c1C(=O)O)CC[C@H](C(C)(C)C)C2. The van der Waals surface area contributed by atoms with Gasteiger partial charge in [-0.25, -0.2) is 4.79 Å². The van der Waals surface area contributed by atoms with Crippen molar-refractivity contribution in [1.29, 1.82) is 0 Å². The van der Waals surface area contributed by atoms with E-state index in [4.69, 9.17) is 0 Å². The van der Waals surface area contributed by atoms with Gasteiger partial charge in [-0.15, -0.1) is 11.3 Å². The Balaban J connectivity index is 2.37. The van der Waals surface area contributed by atoms with E-state index < -0.39 is 5.97 Å². The zero-order valence-electron chi connectivity index (χ0n) is 13.1. The van der Waals surface area contributed by atoms with Crippen LogP contribution in [0.4, 0.5) is 5.00 Å². The molecule has 21 heavy (non-hydrogen) atoms. The summed E-state index contributed by atoms with van der Waals surface area (Å²) >= 11 is 1.44. The average molecular weight is 309 g/mol. The second-order valence-electron chi connectivity index (χ2n) is 6.72. The molecule has 4 nitrogen and oxygen atoms in total. The Kier molecular flexibility index (Phi) is 4.42. The van der Waals surface area contributed by atoms with Crippen molar-refractivity contribution in [1.82, 2.24) is 0 Å². The number of hydrogen-bond acceptors (Lipinski definition) is 3. The van der Waals surface area contributed by atoms with Crippen LogP contribution in [0.3, 0.4) is 0 Å². The maximum atomic E-state index is 11.6. The highest BCUT2D eigenvalue weighted by molar-refractivity contribution is 7.17. The highest BCUT2D eigenvalue weighted by atomic mass is 32.1. The lowest BCUT2D eigenvalue weighted by Crippen LogP contribution is -2.26. The number of amides is 1. The van der Waals surface area contributed by atoms with E-state index in [0.717, 1.165) is 29.7 Å². The molecule has 1 aliphatic carbocycles. The van der Waals surface area contributed by atoms with Crippen LogP contribution in [0.15, 0.2) is 0 Å². The van der Waals surface area contributed by atoms with Crippen molar-refractivity contribution in [2.75, 3.05) is 5.32 Å². The monoisotopic (exact) mass is 309 g/mol. The van der Waals surface area contributed by atoms with Gasteiger partial charge in [-0.1, -0.05) is 27.7 Å². The fourth-order valence-corrected chi connectivity index (χ4v) is 4.19. The van der Waals surface area contributed by atoms with Gasteiger partial charge < -0.3 is 10.4 Å². The first-order valence-corrected chi connectivity index (χ1v) is 8.23. The molecule has 1 aliphatic rings. The molecule has 1 amide bonds. The van der Waals surface area contributed by atoms with E-state index in [9.17, 15) is 14.7 Å². The lowest BCUT2D eigenvalue weighted by molar-refractivity contribution is -0.115. The van der Waals surface area contributed by atoms with Crippen molar-refractivity contribution in [2.24, 2.45) is 11.3 Å². The summed E-state index contributed by atoms with van der Waals surface area (Å²) in [5.41, 5.74) is 1.46. The largest absolute Gasteiger partial charge is 0.478 e. The topological polar surface area (TPSA) is 66.4 Å². The molecule has 0 aromatic carbocycles. The molecule has 2 N–H and O–H groups in total. The average Bonchev–Trinajstić information content (AvgIpc) is 2.74. The number of fused-ring (bicyclic) bond motifs is 1. The molecule has 0 bridgehead atoms. The van der Waals surface area contributed by atoms with Gasteiger partial charge in [-0.05, 0) is 36.2 Å². The number of carboxylic acids is 1. The van der Waals surface area contributed by atoms with Gasteiger partial charge in [0.25, 0.3) is 0 Å². The van der Waals surface area contributed by atoms with E-state index in [1.54, 1.807) is 6.92 Å². The number of rotatable bonds is 3. The summed E-state index contributed by atoms with van der Waals surface area (Å²) in [6.45, 7) is 8.45. The van der Waals surface area contributed by atoms with E-state index in [1.165, 1.54) is 11.3 Å². The summed E-state index contributed by atoms with van der Waals surface area (Å²) < 4.78 is 0. The van der Waals surface area contributed by atoms with Crippen molar-refractivity contribution in [2.45, 2.75) is 53.4 Å². The molecule has 0 spiro atoms. The lowest BCUT2D eigenvalue weighted by atomic mass is 9.72. The maximum Gasteiger partial charge on any atom is 0.339 e. The molecule has 116 valence electrons. The number of carboxylic acid groups (broad SMARTS) is 1. The Bertz CT molecular complexity index is 569. The first-order valence-electron chi connectivity index (χ1n) is 7.41. The number of carbonyl (C=O) groups excluding carboxylic acids is 1. The zero-order chi connectivity index (χ0) is 15.8. The normalized spacial score (nSPS) is 18.2. The van der Waals surface area contributed by atoms with Crippen molar-refractivity contribution in [3.63, 3.8) is 0 Å². The molecule has 1 aromatic rings. The standard InChI is InChI=1S/C16H23NO3S/c1-5-12(18)17-14-13(15(19)20)10-7-6-9(16(2,3)4)8-11(10)21-14/h9H,5-8H2,1-4H3,(H,17,18)(H,19,20)/t9-/m0/s1. The Morgan fingerprint density at radius 2 is 2.05 bits per heavy atom. The summed E-state index contributed by atoms with van der Waals surface area (Å²) in [5.74, 6) is -0.517. The minimum Gasteiger partial charge on any atom is -0.478 e. The van der Waals surface area contributed by atoms with Gasteiger partial charge in [-0.2, -0.15) is 0 Å². The van der Waals surface area contributed by atoms with Gasteiger partial charge in [0.1, 0.15) is 5.00 Å². The first kappa shape index (κ1) is 16.0. The van der Waals surface area contributed by atoms with Crippen LogP contribution < -0.4 is 5.32 Å². The molecule has 0 radical (unpaired) electrons. The summed E-state index contributed by atoms with van der Waals surface area (Å²) in [6, 6.07) is 0. The fourth-order valence-electron chi connectivity index (χ4n) is 2.85. The smallest absolute Gasteiger partial charge is 0.339 e. The molecule has 0 saturated heterocycles. The predicted molar refractivity (Wildman–Crippen MR) is 85.2 cm³/mol. The highest BCUT2D eigenvalue weighted by Crippen LogP contribution is 2.44. The van der Waals surface area contributed by atoms with Gasteiger partial charge in [-0.3, -0.25) is 4.79 Å². The summed E-state index contributed by atoms with van der Waals surface area (Å²) in [7, 11) is 0. The molecular weight excluding hydrogens is 286 g/mol. The molecule has 1 atom stereocenters. The van der Waals surface area contributed by atoms with Crippen molar-refractivity contribution < 1.29 is 14.7 Å². The number of thiophene rings is 1. The Hall–Kier alpha value is -1.36. The molecule has 0 aliphatic heterocycles. The maximum absolute atomic E-state index is 11.6. The molecule has 0 saturated carbocycles. The number of aromatic carboxylic acids is 1. The molecular formula is C16H23NO3S. The molecule has 1 aromatic heterocycles. The third kappa shape index (κ3) is 3.28. The molecule has 2 rings (SSSR count). The molecule has 1 heterocycles. The van der Waals surface area contributed by atoms with Crippen LogP contribution in [0.1, 0.15) is 61.3 Å². The number of nitrogens with one attached hydrogen (secondary N) is 1. The van der Waals surface area contributed by atoms with Crippen molar-refractivity contribution in [3.05, 3.63) is 16.0 Å². The number of carbonyl (C=O) groups is 2. The minimum absolute atomic E-state index is 0.136. The van der Waals surface area contributed by atoms with E-state index in [-0.39, 0.29) is 11.3 Å². The first-order chi connectivity index (χ1) is 9.74. The van der Waals surface area contributed by atoms with Crippen LogP contribution in [0, 0.1) is 11.3 Å². The van der Waals surface area contributed by atoms with Crippen LogP contribution >= 0.6 is 11.3 Å². The third-order valence-corrected chi connectivity index (χ3v) is 5.45. The van der Waals surface area contributed by atoms with E-state index in [0.29, 0.717) is 22.9 Å². The van der Waals surface area contributed by atoms with Crippen LogP contribution in [-0.2, 0) is 17.6 Å². The zero-order valence-corrected chi connectivity index (χ0v) is 13.9. The van der Waals surface area contributed by atoms with E-state index in [1.807, 2.05) is 0 Å². The second-order valence-corrected chi connectivity index (χ2v) is 7.83. The van der Waals surface area contributed by atoms with E-state index >= 15 is 0 Å². The lowest BCUT2D eigenvalue weighted by Gasteiger charge is -2.33. The predicted octanol–water partition coefficient (Wildman–Crippen LogP) is 3.95. The van der Waals surface area contributed by atoms with Crippen molar-refractivity contribution in [3.8, 4) is 0 Å². The summed E-state index contributed by atoms with van der Waals surface area (Å²) in [6.07, 6.45) is 3.06. The second kappa shape index (κ2) is 5.79. The Morgan fingerprint density at radius 1 is 1.38 bits per heavy atom. The van der Waals surface area contributed by atoms with Gasteiger partial charge in [0.05, 0.1) is 5.56 Å². The van der Waals surface area contributed by atoms with E-state index in [2.05, 4.69) is 26.1 Å². The van der Waals surface area contributed by atoms with Gasteiger partial charge in [0.15, 0.2) is 0 Å². The Labute approximate surface area is 129 Å². The number of hydrogen-bond donors (Lipinski definition) is 2. The van der Waals surface area contributed by atoms with Gasteiger partial charge in [0, 0.05) is 11.3 Å². The fraction of sp³-hybridized carbons (Fsp3) is 0.625. The van der Waals surface area contributed by atoms with Crippen LogP contribution in [0.5, 0.6) is 0 Å². The quantitative estimate of drug-likeness (QED) is 0.888. The number of anilines is 1. The molecule has 0 unspecified atom stereocenters. The minimum atomic E-state index is -0.937. The highest BCUT2D eigenvalue weighted by Gasteiger charge is 2.33. The Morgan fingerprint density at radius 3 is 2.57 bits per heavy atom. The summed E-state index contributed by atoms with van der Waals surface area (Å²) in [5, 5.41) is 12.7. The van der Waals surface area contributed by atoms with Crippen LogP contribution in [-0.4, -0.2) is 17.0 Å². The molecule has 5 heteroatoms. The third-order valence-electron chi connectivity index (χ3n) is 4.28. The van der Waals surface area contributed by atoms with Crippen molar-refractivity contribution >= 4 is 28.2 Å². The van der Waals surface area contributed by atoms with Gasteiger partial charge in [0.2, 0.25) is 5.91 Å². The molecule has 0 fully saturated rings. The van der Waals surface area contributed by atoms with Crippen LogP contribution in [0.25, 0.3) is 0 Å².